The smallest absolute Gasteiger partial charge is 0.407 e. The second kappa shape index (κ2) is 18.6. The second-order valence-corrected chi connectivity index (χ2v) is 22.0. The van der Waals surface area contributed by atoms with Crippen molar-refractivity contribution in [2.24, 2.45) is 0 Å². The van der Waals surface area contributed by atoms with Gasteiger partial charge in [-0.3, -0.25) is 0 Å². The van der Waals surface area contributed by atoms with E-state index in [0.717, 1.165) is 66.5 Å². The number of carboxylic acid groups (broad SMARTS) is 1. The molecule has 0 radical (unpaired) electrons. The van der Waals surface area contributed by atoms with Gasteiger partial charge in [0.15, 0.2) is 0 Å². The number of nitrogens with zero attached hydrogens (tertiary/aromatic N) is 3. The van der Waals surface area contributed by atoms with E-state index in [-0.39, 0.29) is 30.9 Å². The molecule has 1 amide bonds. The Morgan fingerprint density at radius 2 is 1.66 bits per heavy atom. The minimum Gasteiger partial charge on any atom is -0.490 e. The number of amides is 1. The Morgan fingerprint density at radius 3 is 2.34 bits per heavy atom. The summed E-state index contributed by atoms with van der Waals surface area (Å²) in [5.41, 5.74) is 4.90. The Balaban J connectivity index is 1.27. The minimum atomic E-state index is -2.44. The molecule has 0 spiro atoms. The number of methoxy groups -OCH3 is 1. The number of likely N-dealkylation sites (tertiary alicyclic amines) is 1. The van der Waals surface area contributed by atoms with Crippen LogP contribution in [0.4, 0.5) is 20.6 Å². The molecule has 2 fully saturated rings. The highest BCUT2D eigenvalue weighted by atomic mass is 28.4. The maximum absolute atomic E-state index is 13.9. The van der Waals surface area contributed by atoms with E-state index in [4.69, 9.17) is 23.4 Å². The van der Waals surface area contributed by atoms with Crippen LogP contribution in [0.3, 0.4) is 0 Å². The molecule has 0 aromatic heterocycles. The zero-order chi connectivity index (χ0) is 40.0. The van der Waals surface area contributed by atoms with E-state index >= 15 is 0 Å². The number of anilines is 2. The molecule has 3 aliphatic rings. The molecule has 2 saturated heterocycles. The molecule has 3 aliphatic heterocycles. The van der Waals surface area contributed by atoms with Gasteiger partial charge in [0.05, 0.1) is 44.1 Å². The van der Waals surface area contributed by atoms with Crippen LogP contribution in [0.15, 0.2) is 66.7 Å². The molecule has 4 atom stereocenters. The van der Waals surface area contributed by atoms with Crippen molar-refractivity contribution in [1.29, 1.82) is 0 Å². The number of halogens is 1. The molecular formula is C44H62FN3O7Si. The summed E-state index contributed by atoms with van der Waals surface area (Å²) in [6, 6.07) is 21.1. The summed E-state index contributed by atoms with van der Waals surface area (Å²) in [7, 11) is -0.715. The van der Waals surface area contributed by atoms with Gasteiger partial charge in [-0.25, -0.2) is 9.18 Å². The van der Waals surface area contributed by atoms with Gasteiger partial charge < -0.3 is 43.2 Å². The first-order chi connectivity index (χ1) is 26.9. The quantitative estimate of drug-likeness (QED) is 0.113. The highest BCUT2D eigenvalue weighted by molar-refractivity contribution is 6.77. The van der Waals surface area contributed by atoms with Crippen molar-refractivity contribution >= 4 is 25.8 Å². The Morgan fingerprint density at radius 1 is 0.929 bits per heavy atom. The Kier molecular flexibility index (Phi) is 13.9. The normalized spacial score (nSPS) is 21.5. The van der Waals surface area contributed by atoms with Crippen LogP contribution < -0.4 is 19.3 Å². The predicted molar refractivity (Wildman–Crippen MR) is 222 cm³/mol. The Hall–Kier alpha value is -3.84. The first kappa shape index (κ1) is 41.8. The maximum atomic E-state index is 13.9. The van der Waals surface area contributed by atoms with Crippen LogP contribution in [-0.2, 0) is 20.5 Å². The molecule has 10 nitrogen and oxygen atoms in total. The first-order valence-corrected chi connectivity index (χ1v) is 22.6. The SMILES string of the molecule is COCCCN1CCOc2ccc(COC3CN(C(=O)O)CC(O[Si](C(C)C)(C(C)C)C(C)C)C3c3ccc(OC4CCN(c5cccc(F)c5)C4)cc3)cc21. The van der Waals surface area contributed by atoms with E-state index in [1.165, 1.54) is 11.0 Å². The average Bonchev–Trinajstić information content (AvgIpc) is 3.64. The molecule has 0 aliphatic carbocycles. The van der Waals surface area contributed by atoms with Crippen molar-refractivity contribution in [2.45, 2.75) is 102 Å². The molecule has 4 unspecified atom stereocenters. The van der Waals surface area contributed by atoms with Crippen molar-refractivity contribution in [3.05, 3.63) is 83.7 Å². The molecule has 12 heteroatoms. The number of hydrogen-bond donors (Lipinski definition) is 1. The lowest BCUT2D eigenvalue weighted by Gasteiger charge is -2.50. The fourth-order valence-electron chi connectivity index (χ4n) is 9.43. The van der Waals surface area contributed by atoms with Crippen molar-refractivity contribution < 1.29 is 37.7 Å². The molecule has 3 aromatic carbocycles. The van der Waals surface area contributed by atoms with E-state index < -0.39 is 26.6 Å². The monoisotopic (exact) mass is 791 g/mol. The highest BCUT2D eigenvalue weighted by Gasteiger charge is 2.51. The summed E-state index contributed by atoms with van der Waals surface area (Å²) < 4.78 is 46.0. The Bertz CT molecular complexity index is 1720. The summed E-state index contributed by atoms with van der Waals surface area (Å²) in [6.07, 6.45) is -0.111. The Labute approximate surface area is 333 Å². The van der Waals surface area contributed by atoms with Crippen LogP contribution in [0, 0.1) is 5.82 Å². The van der Waals surface area contributed by atoms with Gasteiger partial charge >= 0.3 is 6.09 Å². The lowest BCUT2D eigenvalue weighted by Crippen LogP contribution is -2.59. The fraction of sp³-hybridized carbons (Fsp3) is 0.568. The van der Waals surface area contributed by atoms with Crippen LogP contribution in [-0.4, -0.2) is 102 Å². The van der Waals surface area contributed by atoms with Crippen molar-refractivity contribution in [3.8, 4) is 11.5 Å². The van der Waals surface area contributed by atoms with Gasteiger partial charge in [0.1, 0.15) is 30.0 Å². The molecule has 0 saturated carbocycles. The third-order valence-electron chi connectivity index (χ3n) is 12.0. The molecule has 306 valence electrons. The number of piperidine rings is 1. The van der Waals surface area contributed by atoms with E-state index in [9.17, 15) is 14.3 Å². The van der Waals surface area contributed by atoms with Crippen molar-refractivity contribution in [3.63, 3.8) is 0 Å². The molecule has 3 heterocycles. The second-order valence-electron chi connectivity index (χ2n) is 16.5. The van der Waals surface area contributed by atoms with Crippen LogP contribution >= 0.6 is 0 Å². The topological polar surface area (TPSA) is 93.2 Å². The number of rotatable bonds is 16. The lowest BCUT2D eigenvalue weighted by atomic mass is 9.84. The molecule has 1 N–H and O–H groups in total. The lowest BCUT2D eigenvalue weighted by molar-refractivity contribution is -0.0630. The number of benzene rings is 3. The van der Waals surface area contributed by atoms with Gasteiger partial charge in [0.25, 0.3) is 0 Å². The van der Waals surface area contributed by atoms with Gasteiger partial charge in [-0.05, 0) is 76.6 Å². The number of ether oxygens (including phenoxy) is 4. The van der Waals surface area contributed by atoms with E-state index in [2.05, 4.69) is 69.5 Å². The average molecular weight is 792 g/mol. The third kappa shape index (κ3) is 9.47. The maximum Gasteiger partial charge on any atom is 0.407 e. The highest BCUT2D eigenvalue weighted by Crippen LogP contribution is 2.46. The standard InChI is InChI=1S/C44H62FN3O7Si/c1-30(2)56(31(3)4,32(5)6)55-42-28-48(44(49)50)27-41(53-29-33-12-17-40-39(24-33)46(21-23-52-40)19-9-22-51-7)43(42)34-13-15-37(16-14-34)54-38-18-20-47(26-38)36-11-8-10-35(45)25-36/h8,10-17,24-25,30-32,38,41-43H,9,18-23,26-29H2,1-7H3,(H,49,50). The summed E-state index contributed by atoms with van der Waals surface area (Å²) in [5.74, 6) is 1.16. The van der Waals surface area contributed by atoms with Gasteiger partial charge in [0, 0.05) is 51.4 Å². The third-order valence-corrected chi connectivity index (χ3v) is 18.2. The zero-order valence-electron chi connectivity index (χ0n) is 34.3. The zero-order valence-corrected chi connectivity index (χ0v) is 35.3. The van der Waals surface area contributed by atoms with Crippen LogP contribution in [0.25, 0.3) is 0 Å². The van der Waals surface area contributed by atoms with E-state index in [1.807, 2.05) is 30.3 Å². The summed E-state index contributed by atoms with van der Waals surface area (Å²) in [4.78, 5) is 18.7. The molecule has 0 bridgehead atoms. The van der Waals surface area contributed by atoms with E-state index in [1.54, 1.807) is 19.2 Å². The summed E-state index contributed by atoms with van der Waals surface area (Å²) >= 11 is 0. The number of hydrogen-bond acceptors (Lipinski definition) is 8. The predicted octanol–water partition coefficient (Wildman–Crippen LogP) is 8.94. The van der Waals surface area contributed by atoms with Gasteiger partial charge in [0.2, 0.25) is 8.32 Å². The summed E-state index contributed by atoms with van der Waals surface area (Å²) in [5, 5.41) is 10.4. The van der Waals surface area contributed by atoms with E-state index in [0.29, 0.717) is 43.0 Å². The fourth-order valence-corrected chi connectivity index (χ4v) is 15.0. The molecule has 56 heavy (non-hydrogen) atoms. The van der Waals surface area contributed by atoms with Crippen molar-refractivity contribution in [2.75, 3.05) is 69.4 Å². The summed E-state index contributed by atoms with van der Waals surface area (Å²) in [6.45, 7) is 18.8. The van der Waals surface area contributed by atoms with Crippen LogP contribution in [0.5, 0.6) is 11.5 Å². The molecular weight excluding hydrogens is 730 g/mol. The molecule has 3 aromatic rings. The van der Waals surface area contributed by atoms with Gasteiger partial charge in [-0.2, -0.15) is 0 Å². The first-order valence-electron chi connectivity index (χ1n) is 20.4. The van der Waals surface area contributed by atoms with Crippen LogP contribution in [0.1, 0.15) is 71.4 Å². The largest absolute Gasteiger partial charge is 0.490 e. The number of carbonyl (C=O) groups is 1. The minimum absolute atomic E-state index is 0.0252. The molecule has 6 rings (SSSR count). The van der Waals surface area contributed by atoms with Gasteiger partial charge in [-0.1, -0.05) is 65.8 Å². The van der Waals surface area contributed by atoms with Crippen LogP contribution in [0.2, 0.25) is 16.6 Å². The van der Waals surface area contributed by atoms with Crippen molar-refractivity contribution in [1.82, 2.24) is 4.90 Å². The van der Waals surface area contributed by atoms with Gasteiger partial charge in [-0.15, -0.1) is 0 Å². The number of fused-ring (bicyclic) bond motifs is 1.